The van der Waals surface area contributed by atoms with E-state index in [1.54, 1.807) is 18.3 Å². The predicted molar refractivity (Wildman–Crippen MR) is 116 cm³/mol. The molecule has 164 valence electrons. The van der Waals surface area contributed by atoms with Crippen molar-refractivity contribution >= 4 is 16.8 Å². The Morgan fingerprint density at radius 3 is 2.62 bits per heavy atom. The second-order valence-corrected chi connectivity index (χ2v) is 7.57. The third kappa shape index (κ3) is 4.80. The maximum Gasteiger partial charge on any atom is 0.406 e. The summed E-state index contributed by atoms with van der Waals surface area (Å²) in [5.41, 5.74) is 3.48. The van der Waals surface area contributed by atoms with Crippen LogP contribution in [0.25, 0.3) is 22.2 Å². The summed E-state index contributed by atoms with van der Waals surface area (Å²) in [6.45, 7) is 0.417. The van der Waals surface area contributed by atoms with E-state index in [0.29, 0.717) is 5.56 Å². The van der Waals surface area contributed by atoms with Crippen molar-refractivity contribution in [1.82, 2.24) is 19.9 Å². The van der Waals surface area contributed by atoms with Gasteiger partial charge in [-0.3, -0.25) is 9.78 Å². The predicted octanol–water partition coefficient (Wildman–Crippen LogP) is 5.18. The van der Waals surface area contributed by atoms with Crippen LogP contribution in [0.3, 0.4) is 0 Å². The number of hydrogen-bond acceptors (Lipinski definition) is 3. The number of aromatic nitrogens is 3. The first kappa shape index (κ1) is 21.5. The minimum absolute atomic E-state index is 0.0960. The number of amides is 1. The molecule has 4 rings (SSSR count). The molecule has 2 aromatic heterocycles. The standard InChI is InChI=1S/C24H21F3N4O/c1-16-5-4-6-17(13-16)21-22(29-11-10-28-21)23(32)31(15-24(25,26)27)12-9-18-14-30-20-8-3-2-7-19(18)20/h2-8,10-11,13-14,30H,9,12,15H2,1H3. The largest absolute Gasteiger partial charge is 0.406 e. The van der Waals surface area contributed by atoms with E-state index in [1.165, 1.54) is 12.4 Å². The van der Waals surface area contributed by atoms with Crippen LogP contribution >= 0.6 is 0 Å². The van der Waals surface area contributed by atoms with E-state index in [9.17, 15) is 18.0 Å². The van der Waals surface area contributed by atoms with Crippen LogP contribution in [0.1, 0.15) is 21.6 Å². The summed E-state index contributed by atoms with van der Waals surface area (Å²) in [7, 11) is 0. The molecule has 0 radical (unpaired) electrons. The summed E-state index contributed by atoms with van der Waals surface area (Å²) >= 11 is 0. The van der Waals surface area contributed by atoms with Crippen molar-refractivity contribution in [3.63, 3.8) is 0 Å². The number of nitrogens with one attached hydrogen (secondary N) is 1. The fourth-order valence-corrected chi connectivity index (χ4v) is 3.71. The van der Waals surface area contributed by atoms with Crippen molar-refractivity contribution in [3.05, 3.63) is 83.9 Å². The van der Waals surface area contributed by atoms with E-state index in [0.717, 1.165) is 26.9 Å². The summed E-state index contributed by atoms with van der Waals surface area (Å²) in [5, 5.41) is 0.923. The molecule has 0 aliphatic carbocycles. The maximum atomic E-state index is 13.3. The molecule has 0 atom stereocenters. The fraction of sp³-hybridized carbons (Fsp3) is 0.208. The lowest BCUT2D eigenvalue weighted by Gasteiger charge is -2.24. The number of para-hydroxylation sites is 1. The Labute approximate surface area is 182 Å². The molecule has 8 heteroatoms. The monoisotopic (exact) mass is 438 g/mol. The molecular weight excluding hydrogens is 417 g/mol. The first-order chi connectivity index (χ1) is 15.3. The summed E-state index contributed by atoms with van der Waals surface area (Å²) in [6.07, 6.45) is 0.237. The second kappa shape index (κ2) is 8.82. The highest BCUT2D eigenvalue weighted by molar-refractivity contribution is 5.98. The third-order valence-electron chi connectivity index (χ3n) is 5.18. The second-order valence-electron chi connectivity index (χ2n) is 7.57. The Kier molecular flexibility index (Phi) is 5.94. The SMILES string of the molecule is Cc1cccc(-c2nccnc2C(=O)N(CCc2c[nH]c3ccccc23)CC(F)(F)F)c1. The molecule has 0 aliphatic rings. The first-order valence-electron chi connectivity index (χ1n) is 10.1. The molecule has 5 nitrogen and oxygen atoms in total. The Bertz CT molecular complexity index is 1250. The van der Waals surface area contributed by atoms with Gasteiger partial charge in [0.25, 0.3) is 5.91 Å². The number of alkyl halides is 3. The average molecular weight is 438 g/mol. The summed E-state index contributed by atoms with van der Waals surface area (Å²) in [6, 6.07) is 14.8. The molecule has 0 unspecified atom stereocenters. The quantitative estimate of drug-likeness (QED) is 0.451. The Balaban J connectivity index is 1.64. The molecule has 0 fully saturated rings. The van der Waals surface area contributed by atoms with Gasteiger partial charge in [0.05, 0.1) is 0 Å². The number of H-pyrrole nitrogens is 1. The minimum Gasteiger partial charge on any atom is -0.361 e. The van der Waals surface area contributed by atoms with Crippen LogP contribution in [0.15, 0.2) is 67.1 Å². The zero-order valence-electron chi connectivity index (χ0n) is 17.4. The normalized spacial score (nSPS) is 11.6. The Hall–Kier alpha value is -3.68. The number of fused-ring (bicyclic) bond motifs is 1. The number of hydrogen-bond donors (Lipinski definition) is 1. The van der Waals surface area contributed by atoms with Crippen LogP contribution in [-0.4, -0.2) is 45.0 Å². The van der Waals surface area contributed by atoms with Crippen LogP contribution < -0.4 is 0 Å². The summed E-state index contributed by atoms with van der Waals surface area (Å²) < 4.78 is 40.0. The van der Waals surface area contributed by atoms with Gasteiger partial charge in [0.15, 0.2) is 5.69 Å². The highest BCUT2D eigenvalue weighted by Crippen LogP contribution is 2.25. The van der Waals surface area contributed by atoms with Crippen LogP contribution in [0, 0.1) is 6.92 Å². The van der Waals surface area contributed by atoms with E-state index in [1.807, 2.05) is 43.3 Å². The number of rotatable bonds is 6. The molecule has 32 heavy (non-hydrogen) atoms. The fourth-order valence-electron chi connectivity index (χ4n) is 3.71. The van der Waals surface area contributed by atoms with Gasteiger partial charge in [-0.05, 0) is 31.0 Å². The Morgan fingerprint density at radius 1 is 1.06 bits per heavy atom. The van der Waals surface area contributed by atoms with Crippen LogP contribution in [0.5, 0.6) is 0 Å². The molecule has 2 aromatic carbocycles. The highest BCUT2D eigenvalue weighted by Gasteiger charge is 2.34. The topological polar surface area (TPSA) is 61.9 Å². The van der Waals surface area contributed by atoms with E-state index in [4.69, 9.17) is 0 Å². The smallest absolute Gasteiger partial charge is 0.361 e. The third-order valence-corrected chi connectivity index (χ3v) is 5.18. The number of nitrogens with zero attached hydrogens (tertiary/aromatic N) is 3. The number of carbonyl (C=O) groups excluding carboxylic acids is 1. The van der Waals surface area contributed by atoms with Gasteiger partial charge in [-0.2, -0.15) is 13.2 Å². The molecule has 0 saturated carbocycles. The van der Waals surface area contributed by atoms with Gasteiger partial charge < -0.3 is 9.88 Å². The van der Waals surface area contributed by atoms with Crippen molar-refractivity contribution in [2.24, 2.45) is 0 Å². The molecule has 0 spiro atoms. The highest BCUT2D eigenvalue weighted by atomic mass is 19.4. The van der Waals surface area contributed by atoms with Crippen molar-refractivity contribution in [2.75, 3.05) is 13.1 Å². The van der Waals surface area contributed by atoms with Crippen LogP contribution in [-0.2, 0) is 6.42 Å². The summed E-state index contributed by atoms with van der Waals surface area (Å²) in [5.74, 6) is -0.799. The van der Waals surface area contributed by atoms with Gasteiger partial charge in [0.1, 0.15) is 12.2 Å². The van der Waals surface area contributed by atoms with Crippen LogP contribution in [0.2, 0.25) is 0 Å². The van der Waals surface area contributed by atoms with E-state index in [2.05, 4.69) is 15.0 Å². The number of carbonyl (C=O) groups is 1. The van der Waals surface area contributed by atoms with E-state index in [-0.39, 0.29) is 24.4 Å². The van der Waals surface area contributed by atoms with E-state index < -0.39 is 18.6 Å². The van der Waals surface area contributed by atoms with E-state index >= 15 is 0 Å². The number of aromatic amines is 1. The zero-order valence-corrected chi connectivity index (χ0v) is 17.4. The molecule has 4 aromatic rings. The lowest BCUT2D eigenvalue weighted by Crippen LogP contribution is -2.40. The molecule has 1 amide bonds. The lowest BCUT2D eigenvalue weighted by atomic mass is 10.1. The molecule has 0 bridgehead atoms. The molecular formula is C24H21F3N4O. The maximum absolute atomic E-state index is 13.3. The van der Waals surface area contributed by atoms with Gasteiger partial charge in [-0.1, -0.05) is 42.0 Å². The molecule has 2 heterocycles. The minimum atomic E-state index is -4.54. The zero-order chi connectivity index (χ0) is 22.7. The van der Waals surface area contributed by atoms with Gasteiger partial charge in [0.2, 0.25) is 0 Å². The van der Waals surface area contributed by atoms with Crippen LogP contribution in [0.4, 0.5) is 13.2 Å². The number of benzene rings is 2. The molecule has 1 N–H and O–H groups in total. The molecule has 0 saturated heterocycles. The van der Waals surface area contributed by atoms with Gasteiger partial charge in [-0.25, -0.2) is 4.98 Å². The van der Waals surface area contributed by atoms with Crippen molar-refractivity contribution in [2.45, 2.75) is 19.5 Å². The first-order valence-corrected chi connectivity index (χ1v) is 10.1. The van der Waals surface area contributed by atoms with Gasteiger partial charge in [0, 0.05) is 41.6 Å². The van der Waals surface area contributed by atoms with Gasteiger partial charge in [-0.15, -0.1) is 0 Å². The van der Waals surface area contributed by atoms with Crippen molar-refractivity contribution in [3.8, 4) is 11.3 Å². The van der Waals surface area contributed by atoms with Crippen molar-refractivity contribution < 1.29 is 18.0 Å². The number of aryl methyl sites for hydroxylation is 1. The summed E-state index contributed by atoms with van der Waals surface area (Å²) in [4.78, 5) is 25.5. The van der Waals surface area contributed by atoms with Gasteiger partial charge >= 0.3 is 6.18 Å². The molecule has 0 aliphatic heterocycles. The van der Waals surface area contributed by atoms with Crippen molar-refractivity contribution in [1.29, 1.82) is 0 Å². The average Bonchev–Trinajstić information content (AvgIpc) is 3.18. The Morgan fingerprint density at radius 2 is 1.84 bits per heavy atom. The number of halogens is 3. The lowest BCUT2D eigenvalue weighted by molar-refractivity contribution is -0.140.